The molecule has 0 atom stereocenters. The second-order valence-electron chi connectivity index (χ2n) is 5.02. The van der Waals surface area contributed by atoms with Crippen LogP contribution in [-0.4, -0.2) is 16.9 Å². The number of fused-ring (bicyclic) bond motifs is 1. The number of hydroxylamine groups is 1. The number of hydrogen-bond acceptors (Lipinski definition) is 4. The Kier molecular flexibility index (Phi) is 5.90. The van der Waals surface area contributed by atoms with Crippen LogP contribution >= 0.6 is 11.3 Å². The number of thiophene rings is 1. The summed E-state index contributed by atoms with van der Waals surface area (Å²) in [4.78, 5) is 23.8. The summed E-state index contributed by atoms with van der Waals surface area (Å²) in [6.07, 6.45) is 4.29. The second kappa shape index (κ2) is 7.90. The van der Waals surface area contributed by atoms with Gasteiger partial charge in [0.25, 0.3) is 0 Å². The van der Waals surface area contributed by atoms with E-state index >= 15 is 0 Å². The number of benzene rings is 1. The van der Waals surface area contributed by atoms with Gasteiger partial charge in [-0.2, -0.15) is 0 Å². The van der Waals surface area contributed by atoms with Crippen LogP contribution in [0, 0.1) is 0 Å². The minimum atomic E-state index is -0.351. The zero-order valence-electron chi connectivity index (χ0n) is 11.8. The predicted molar refractivity (Wildman–Crippen MR) is 83.8 cm³/mol. The van der Waals surface area contributed by atoms with Gasteiger partial charge in [-0.15, -0.1) is 11.3 Å². The Hall–Kier alpha value is -1.72. The SMILES string of the molecule is O=C(CCCCCCC(=O)c1cc2ccccc2s1)NO. The summed E-state index contributed by atoms with van der Waals surface area (Å²) in [5.74, 6) is -0.152. The lowest BCUT2D eigenvalue weighted by atomic mass is 10.1. The molecule has 0 spiro atoms. The van der Waals surface area contributed by atoms with Crippen molar-refractivity contribution in [1.29, 1.82) is 0 Å². The zero-order chi connectivity index (χ0) is 15.1. The molecule has 0 saturated heterocycles. The van der Waals surface area contributed by atoms with Gasteiger partial charge in [-0.25, -0.2) is 5.48 Å². The number of unbranched alkanes of at least 4 members (excludes halogenated alkanes) is 3. The molecule has 21 heavy (non-hydrogen) atoms. The highest BCUT2D eigenvalue weighted by Crippen LogP contribution is 2.26. The molecular formula is C16H19NO3S. The quantitative estimate of drug-likeness (QED) is 0.336. The molecule has 0 radical (unpaired) electrons. The Morgan fingerprint density at radius 1 is 1.05 bits per heavy atom. The van der Waals surface area contributed by atoms with Crippen molar-refractivity contribution in [3.05, 3.63) is 35.2 Å². The van der Waals surface area contributed by atoms with Gasteiger partial charge in [0, 0.05) is 17.5 Å². The molecule has 1 heterocycles. The van der Waals surface area contributed by atoms with E-state index in [2.05, 4.69) is 0 Å². The molecule has 5 heteroatoms. The van der Waals surface area contributed by atoms with E-state index in [1.165, 1.54) is 0 Å². The molecule has 0 aliphatic rings. The van der Waals surface area contributed by atoms with Gasteiger partial charge in [0.15, 0.2) is 5.78 Å². The highest BCUT2D eigenvalue weighted by molar-refractivity contribution is 7.20. The van der Waals surface area contributed by atoms with Crippen molar-refractivity contribution in [2.45, 2.75) is 38.5 Å². The van der Waals surface area contributed by atoms with Gasteiger partial charge in [-0.1, -0.05) is 31.0 Å². The first-order valence-electron chi connectivity index (χ1n) is 7.15. The van der Waals surface area contributed by atoms with Gasteiger partial charge in [0.1, 0.15) is 0 Å². The fourth-order valence-corrected chi connectivity index (χ4v) is 3.25. The lowest BCUT2D eigenvalue weighted by Gasteiger charge is -2.00. The van der Waals surface area contributed by atoms with E-state index in [1.807, 2.05) is 30.3 Å². The number of ketones is 1. The average Bonchev–Trinajstić information content (AvgIpc) is 2.94. The smallest absolute Gasteiger partial charge is 0.243 e. The van der Waals surface area contributed by atoms with Crippen LogP contribution in [0.2, 0.25) is 0 Å². The second-order valence-corrected chi connectivity index (χ2v) is 6.10. The van der Waals surface area contributed by atoms with E-state index in [1.54, 1.807) is 16.8 Å². The van der Waals surface area contributed by atoms with Gasteiger partial charge in [-0.05, 0) is 30.4 Å². The molecule has 0 saturated carbocycles. The first-order valence-corrected chi connectivity index (χ1v) is 7.97. The number of rotatable bonds is 8. The highest BCUT2D eigenvalue weighted by Gasteiger charge is 2.09. The summed E-state index contributed by atoms with van der Waals surface area (Å²) >= 11 is 1.55. The van der Waals surface area contributed by atoms with Crippen LogP contribution in [0.1, 0.15) is 48.2 Å². The molecule has 1 amide bonds. The molecule has 0 unspecified atom stereocenters. The Labute approximate surface area is 127 Å². The van der Waals surface area contributed by atoms with E-state index in [-0.39, 0.29) is 11.7 Å². The van der Waals surface area contributed by atoms with Crippen molar-refractivity contribution in [2.24, 2.45) is 0 Å². The Bertz CT molecular complexity index is 588. The molecule has 4 nitrogen and oxygen atoms in total. The maximum absolute atomic E-state index is 12.1. The fourth-order valence-electron chi connectivity index (χ4n) is 2.22. The largest absolute Gasteiger partial charge is 0.293 e. The van der Waals surface area contributed by atoms with Gasteiger partial charge in [-0.3, -0.25) is 14.8 Å². The lowest BCUT2D eigenvalue weighted by Crippen LogP contribution is -2.17. The van der Waals surface area contributed by atoms with Crippen LogP contribution in [-0.2, 0) is 4.79 Å². The first kappa shape index (κ1) is 15.7. The molecule has 2 rings (SSSR count). The summed E-state index contributed by atoms with van der Waals surface area (Å²) in [6, 6.07) is 9.98. The van der Waals surface area contributed by atoms with Crippen molar-refractivity contribution in [1.82, 2.24) is 5.48 Å². The minimum absolute atomic E-state index is 0.198. The molecule has 0 aliphatic heterocycles. The summed E-state index contributed by atoms with van der Waals surface area (Å²) in [5.41, 5.74) is 1.62. The Morgan fingerprint density at radius 2 is 1.76 bits per heavy atom. The molecule has 0 bridgehead atoms. The van der Waals surface area contributed by atoms with Crippen LogP contribution in [0.25, 0.3) is 10.1 Å². The molecule has 1 aromatic carbocycles. The first-order chi connectivity index (χ1) is 10.2. The standard InChI is InChI=1S/C16H19NO3S/c18-13(8-3-1-2-4-10-16(19)17-20)15-11-12-7-5-6-9-14(12)21-15/h5-7,9,11,20H,1-4,8,10H2,(H,17,19). The Morgan fingerprint density at radius 3 is 2.48 bits per heavy atom. The molecule has 0 fully saturated rings. The number of Topliss-reactive ketones (excluding diaryl/α,β-unsaturated/α-hetero) is 1. The highest BCUT2D eigenvalue weighted by atomic mass is 32.1. The van der Waals surface area contributed by atoms with Crippen molar-refractivity contribution < 1.29 is 14.8 Å². The number of hydrogen-bond donors (Lipinski definition) is 2. The van der Waals surface area contributed by atoms with Crippen molar-refractivity contribution in [2.75, 3.05) is 0 Å². The monoisotopic (exact) mass is 305 g/mol. The summed E-state index contributed by atoms with van der Waals surface area (Å²) < 4.78 is 1.15. The maximum Gasteiger partial charge on any atom is 0.243 e. The molecule has 2 N–H and O–H groups in total. The van der Waals surface area contributed by atoms with Crippen LogP contribution < -0.4 is 5.48 Å². The minimum Gasteiger partial charge on any atom is -0.293 e. The van der Waals surface area contributed by atoms with Gasteiger partial charge >= 0.3 is 0 Å². The zero-order valence-corrected chi connectivity index (χ0v) is 12.6. The average molecular weight is 305 g/mol. The number of carbonyl (C=O) groups excluding carboxylic acids is 2. The summed E-state index contributed by atoms with van der Waals surface area (Å²) in [5, 5.41) is 9.48. The third-order valence-corrected chi connectivity index (χ3v) is 4.54. The van der Waals surface area contributed by atoms with E-state index in [0.29, 0.717) is 12.8 Å². The number of amides is 1. The lowest BCUT2D eigenvalue weighted by molar-refractivity contribution is -0.129. The van der Waals surface area contributed by atoms with Crippen molar-refractivity contribution in [3.8, 4) is 0 Å². The van der Waals surface area contributed by atoms with Crippen LogP contribution in [0.4, 0.5) is 0 Å². The van der Waals surface area contributed by atoms with E-state index in [4.69, 9.17) is 5.21 Å². The van der Waals surface area contributed by atoms with Gasteiger partial charge in [0.05, 0.1) is 4.88 Å². The maximum atomic E-state index is 12.1. The normalized spacial score (nSPS) is 10.7. The predicted octanol–water partition coefficient (Wildman–Crippen LogP) is 3.93. The molecular weight excluding hydrogens is 286 g/mol. The van der Waals surface area contributed by atoms with Crippen LogP contribution in [0.15, 0.2) is 30.3 Å². The van der Waals surface area contributed by atoms with Crippen molar-refractivity contribution >= 4 is 33.1 Å². The molecule has 1 aromatic heterocycles. The fraction of sp³-hybridized carbons (Fsp3) is 0.375. The van der Waals surface area contributed by atoms with Crippen LogP contribution in [0.5, 0.6) is 0 Å². The molecule has 0 aliphatic carbocycles. The van der Waals surface area contributed by atoms with E-state index < -0.39 is 0 Å². The van der Waals surface area contributed by atoms with E-state index in [9.17, 15) is 9.59 Å². The number of nitrogens with one attached hydrogen (secondary N) is 1. The summed E-state index contributed by atoms with van der Waals surface area (Å²) in [7, 11) is 0. The van der Waals surface area contributed by atoms with Crippen molar-refractivity contribution in [3.63, 3.8) is 0 Å². The molecule has 2 aromatic rings. The van der Waals surface area contributed by atoms with Gasteiger partial charge in [0.2, 0.25) is 5.91 Å². The Balaban J connectivity index is 1.71. The summed E-state index contributed by atoms with van der Waals surface area (Å²) in [6.45, 7) is 0. The van der Waals surface area contributed by atoms with E-state index in [0.717, 1.165) is 40.6 Å². The third kappa shape index (κ3) is 4.65. The third-order valence-electron chi connectivity index (χ3n) is 3.38. The molecule has 112 valence electrons. The van der Waals surface area contributed by atoms with Crippen LogP contribution in [0.3, 0.4) is 0 Å². The topological polar surface area (TPSA) is 66.4 Å². The van der Waals surface area contributed by atoms with Gasteiger partial charge < -0.3 is 0 Å². The number of carbonyl (C=O) groups is 2.